The molecule has 1 amide bonds. The van der Waals surface area contributed by atoms with E-state index in [1.165, 1.54) is 0 Å². The number of benzene rings is 2. The van der Waals surface area contributed by atoms with Crippen molar-refractivity contribution < 1.29 is 14.4 Å². The van der Waals surface area contributed by atoms with Gasteiger partial charge >= 0.3 is 0 Å². The van der Waals surface area contributed by atoms with Crippen molar-refractivity contribution in [2.75, 3.05) is 13.1 Å². The van der Waals surface area contributed by atoms with Crippen molar-refractivity contribution >= 4 is 28.9 Å². The third-order valence-corrected chi connectivity index (χ3v) is 5.98. The minimum Gasteiger partial charge on any atom is -0.343 e. The number of piperidine rings is 1. The molecule has 1 fully saturated rings. The number of hydrogen-bond acceptors (Lipinski definition) is 4. The molecule has 2 aromatic carbocycles. The van der Waals surface area contributed by atoms with Gasteiger partial charge in [0.25, 0.3) is 0 Å². The average Bonchev–Trinajstić information content (AvgIpc) is 2.79. The second kappa shape index (κ2) is 9.16. The van der Waals surface area contributed by atoms with Crippen LogP contribution in [0.25, 0.3) is 0 Å². The van der Waals surface area contributed by atoms with E-state index in [0.29, 0.717) is 44.3 Å². The van der Waals surface area contributed by atoms with Gasteiger partial charge in [-0.25, -0.2) is 0 Å². The summed E-state index contributed by atoms with van der Waals surface area (Å²) in [6.45, 7) is 1.27. The normalized spacial score (nSPS) is 16.7. The zero-order valence-electron chi connectivity index (χ0n) is 17.0. The summed E-state index contributed by atoms with van der Waals surface area (Å²) in [4.78, 5) is 43.9. The Bertz CT molecular complexity index is 973. The Balaban J connectivity index is 1.24. The second-order valence-electron chi connectivity index (χ2n) is 8.03. The SMILES string of the molecule is O=C1CC(CCCC(=O)N2CCC(C(=O)c3ccccc3)CC2)=Nc2ccccc21. The Labute approximate surface area is 176 Å². The van der Waals surface area contributed by atoms with Gasteiger partial charge in [-0.2, -0.15) is 0 Å². The molecule has 5 nitrogen and oxygen atoms in total. The number of carbonyl (C=O) groups is 3. The van der Waals surface area contributed by atoms with Crippen molar-refractivity contribution in [1.29, 1.82) is 0 Å². The van der Waals surface area contributed by atoms with Crippen LogP contribution in [0.15, 0.2) is 59.6 Å². The molecule has 2 heterocycles. The van der Waals surface area contributed by atoms with Crippen LogP contribution in [0, 0.1) is 5.92 Å². The minimum absolute atomic E-state index is 0.000810. The zero-order chi connectivity index (χ0) is 20.9. The Morgan fingerprint density at radius 2 is 1.67 bits per heavy atom. The summed E-state index contributed by atoms with van der Waals surface area (Å²) in [5, 5.41) is 0. The fourth-order valence-electron chi connectivity index (χ4n) is 4.27. The third-order valence-electron chi connectivity index (χ3n) is 5.98. The summed E-state index contributed by atoms with van der Waals surface area (Å²) in [5.74, 6) is 0.415. The molecule has 0 unspecified atom stereocenters. The standard InChI is InChI=1S/C25H26N2O3/c28-23-17-20(26-22-11-5-4-10-21(22)23)9-6-12-24(29)27-15-13-19(14-16-27)25(30)18-7-2-1-3-8-18/h1-5,7-8,10-11,19H,6,9,12-17H2. The van der Waals surface area contributed by atoms with E-state index >= 15 is 0 Å². The molecule has 4 rings (SSSR count). The van der Waals surface area contributed by atoms with E-state index in [1.54, 1.807) is 0 Å². The van der Waals surface area contributed by atoms with E-state index in [1.807, 2.05) is 59.5 Å². The molecule has 5 heteroatoms. The molecule has 0 spiro atoms. The molecule has 0 radical (unpaired) electrons. The van der Waals surface area contributed by atoms with Gasteiger partial charge in [-0.3, -0.25) is 19.4 Å². The van der Waals surface area contributed by atoms with E-state index in [0.717, 1.165) is 29.8 Å². The number of carbonyl (C=O) groups excluding carboxylic acids is 3. The van der Waals surface area contributed by atoms with Gasteiger partial charge in [-0.05, 0) is 37.8 Å². The predicted octanol–water partition coefficient (Wildman–Crippen LogP) is 4.64. The van der Waals surface area contributed by atoms with Gasteiger partial charge in [-0.1, -0.05) is 42.5 Å². The number of hydrogen-bond donors (Lipinski definition) is 0. The lowest BCUT2D eigenvalue weighted by molar-refractivity contribution is -0.132. The molecule has 1 saturated heterocycles. The van der Waals surface area contributed by atoms with Crippen LogP contribution in [0.1, 0.15) is 59.2 Å². The Morgan fingerprint density at radius 1 is 0.967 bits per heavy atom. The summed E-state index contributed by atoms with van der Waals surface area (Å²) in [5.41, 5.74) is 3.04. The second-order valence-corrected chi connectivity index (χ2v) is 8.03. The topological polar surface area (TPSA) is 66.8 Å². The van der Waals surface area contributed by atoms with Crippen LogP contribution < -0.4 is 0 Å². The Kier molecular flexibility index (Phi) is 6.17. The minimum atomic E-state index is -0.000810. The van der Waals surface area contributed by atoms with E-state index in [9.17, 15) is 14.4 Å². The van der Waals surface area contributed by atoms with Gasteiger partial charge in [-0.15, -0.1) is 0 Å². The van der Waals surface area contributed by atoms with E-state index in [2.05, 4.69) is 4.99 Å². The highest BCUT2D eigenvalue weighted by atomic mass is 16.2. The molecular formula is C25H26N2O3. The molecule has 0 bridgehead atoms. The highest BCUT2D eigenvalue weighted by Gasteiger charge is 2.28. The predicted molar refractivity (Wildman–Crippen MR) is 116 cm³/mol. The van der Waals surface area contributed by atoms with E-state index in [-0.39, 0.29) is 23.4 Å². The quantitative estimate of drug-likeness (QED) is 0.661. The van der Waals surface area contributed by atoms with Crippen LogP contribution >= 0.6 is 0 Å². The molecule has 2 aliphatic heterocycles. The molecule has 0 atom stereocenters. The maximum Gasteiger partial charge on any atom is 0.222 e. The lowest BCUT2D eigenvalue weighted by atomic mass is 9.88. The molecule has 0 N–H and O–H groups in total. The molecule has 154 valence electrons. The summed E-state index contributed by atoms with van der Waals surface area (Å²) >= 11 is 0. The maximum atomic E-state index is 12.6. The number of amides is 1. The van der Waals surface area contributed by atoms with Crippen molar-refractivity contribution in [1.82, 2.24) is 4.90 Å². The Hall–Kier alpha value is -3.08. The van der Waals surface area contributed by atoms with Crippen LogP contribution in [0.3, 0.4) is 0 Å². The van der Waals surface area contributed by atoms with Gasteiger partial charge < -0.3 is 4.90 Å². The first kappa shape index (κ1) is 20.2. The Morgan fingerprint density at radius 3 is 2.43 bits per heavy atom. The highest BCUT2D eigenvalue weighted by molar-refractivity contribution is 6.15. The summed E-state index contributed by atoms with van der Waals surface area (Å²) in [6.07, 6.45) is 3.59. The fraction of sp³-hybridized carbons (Fsp3) is 0.360. The smallest absolute Gasteiger partial charge is 0.222 e. The number of ketones is 2. The van der Waals surface area contributed by atoms with Gasteiger partial charge in [0.2, 0.25) is 5.91 Å². The molecular weight excluding hydrogens is 376 g/mol. The monoisotopic (exact) mass is 402 g/mol. The van der Waals surface area contributed by atoms with Crippen LogP contribution in [-0.4, -0.2) is 41.2 Å². The van der Waals surface area contributed by atoms with Gasteiger partial charge in [0.05, 0.1) is 5.69 Å². The number of para-hydroxylation sites is 1. The molecule has 2 aliphatic rings. The van der Waals surface area contributed by atoms with Crippen molar-refractivity contribution in [2.45, 2.75) is 38.5 Å². The average molecular weight is 402 g/mol. The van der Waals surface area contributed by atoms with Gasteiger partial charge in [0.15, 0.2) is 11.6 Å². The first-order valence-electron chi connectivity index (χ1n) is 10.7. The highest BCUT2D eigenvalue weighted by Crippen LogP contribution is 2.27. The molecule has 30 heavy (non-hydrogen) atoms. The lowest BCUT2D eigenvalue weighted by Gasteiger charge is -2.31. The molecule has 0 aliphatic carbocycles. The largest absolute Gasteiger partial charge is 0.343 e. The molecule has 2 aromatic rings. The number of aliphatic imine (C=N–C) groups is 1. The van der Waals surface area contributed by atoms with Crippen molar-refractivity contribution in [3.8, 4) is 0 Å². The number of likely N-dealkylation sites (tertiary alicyclic amines) is 1. The van der Waals surface area contributed by atoms with Crippen molar-refractivity contribution in [3.05, 3.63) is 65.7 Å². The summed E-state index contributed by atoms with van der Waals surface area (Å²) < 4.78 is 0. The molecule has 0 saturated carbocycles. The third kappa shape index (κ3) is 4.56. The van der Waals surface area contributed by atoms with Gasteiger partial charge in [0, 0.05) is 48.7 Å². The first-order valence-corrected chi connectivity index (χ1v) is 10.7. The van der Waals surface area contributed by atoms with Crippen molar-refractivity contribution in [3.63, 3.8) is 0 Å². The van der Waals surface area contributed by atoms with Crippen LogP contribution in [0.5, 0.6) is 0 Å². The first-order chi connectivity index (χ1) is 14.6. The summed E-state index contributed by atoms with van der Waals surface area (Å²) in [6, 6.07) is 16.8. The van der Waals surface area contributed by atoms with E-state index in [4.69, 9.17) is 0 Å². The van der Waals surface area contributed by atoms with Crippen molar-refractivity contribution in [2.24, 2.45) is 10.9 Å². The van der Waals surface area contributed by atoms with Crippen LogP contribution in [0.2, 0.25) is 0 Å². The zero-order valence-corrected chi connectivity index (χ0v) is 17.0. The molecule has 0 aromatic heterocycles. The number of nitrogens with zero attached hydrogens (tertiary/aromatic N) is 2. The summed E-state index contributed by atoms with van der Waals surface area (Å²) in [7, 11) is 0. The lowest BCUT2D eigenvalue weighted by Crippen LogP contribution is -2.40. The fourth-order valence-corrected chi connectivity index (χ4v) is 4.27. The number of Topliss-reactive ketones (excluding diaryl/α,β-unsaturated/α-hetero) is 2. The van der Waals surface area contributed by atoms with Gasteiger partial charge in [0.1, 0.15) is 0 Å². The number of rotatable bonds is 6. The van der Waals surface area contributed by atoms with Crippen LogP contribution in [0.4, 0.5) is 5.69 Å². The van der Waals surface area contributed by atoms with E-state index < -0.39 is 0 Å². The number of fused-ring (bicyclic) bond motifs is 1. The van der Waals surface area contributed by atoms with Crippen LogP contribution in [-0.2, 0) is 4.79 Å². The maximum absolute atomic E-state index is 12.6.